The summed E-state index contributed by atoms with van der Waals surface area (Å²) >= 11 is 0. The topological polar surface area (TPSA) is 9.86 Å². The highest BCUT2D eigenvalue weighted by Gasteiger charge is 2.22. The van der Waals surface area contributed by atoms with Gasteiger partial charge in [0.05, 0.1) is 22.1 Å². The van der Waals surface area contributed by atoms with Crippen molar-refractivity contribution in [3.63, 3.8) is 0 Å². The number of rotatable bonds is 5. The number of fused-ring (bicyclic) bond motifs is 11. The summed E-state index contributed by atoms with van der Waals surface area (Å²) in [5, 5.41) is 10.2. The highest BCUT2D eigenvalue weighted by molar-refractivity contribution is 6.20. The smallest absolute Gasteiger partial charge is 0.0619 e. The Labute approximate surface area is 370 Å². The molecule has 0 radical (unpaired) electrons. The van der Waals surface area contributed by atoms with Gasteiger partial charge in [-0.15, -0.1) is 0 Å². The van der Waals surface area contributed by atoms with Crippen LogP contribution in [-0.2, 0) is 0 Å². The Balaban J connectivity index is 0.833. The van der Waals surface area contributed by atoms with Crippen LogP contribution in [0, 0.1) is 0 Å². The third-order valence-electron chi connectivity index (χ3n) is 13.9. The predicted octanol–water partition coefficient (Wildman–Crippen LogP) is 16.8. The average molecular weight is 811 g/mol. The van der Waals surface area contributed by atoms with Crippen LogP contribution in [0.5, 0.6) is 0 Å². The molecule has 2 heterocycles. The molecule has 296 valence electrons. The van der Waals surface area contributed by atoms with Crippen LogP contribution in [0.3, 0.4) is 0 Å². The third-order valence-corrected chi connectivity index (χ3v) is 13.9. The lowest BCUT2D eigenvalue weighted by Crippen LogP contribution is -1.94. The largest absolute Gasteiger partial charge is 0.309 e. The van der Waals surface area contributed by atoms with E-state index in [9.17, 15) is 0 Å². The van der Waals surface area contributed by atoms with Gasteiger partial charge in [-0.05, 0) is 126 Å². The van der Waals surface area contributed by atoms with Crippen molar-refractivity contribution in [2.75, 3.05) is 0 Å². The van der Waals surface area contributed by atoms with Crippen molar-refractivity contribution in [1.82, 2.24) is 9.13 Å². The Morgan fingerprint density at radius 1 is 0.234 bits per heavy atom. The molecule has 2 nitrogen and oxygen atoms in total. The molecular formula is C62H38N2. The van der Waals surface area contributed by atoms with Crippen molar-refractivity contribution < 1.29 is 0 Å². The van der Waals surface area contributed by atoms with Gasteiger partial charge in [0, 0.05) is 38.3 Å². The second-order valence-electron chi connectivity index (χ2n) is 17.3. The summed E-state index contributed by atoms with van der Waals surface area (Å²) in [6.07, 6.45) is 0. The van der Waals surface area contributed by atoms with Crippen molar-refractivity contribution >= 4 is 65.2 Å². The van der Waals surface area contributed by atoms with Gasteiger partial charge in [0.25, 0.3) is 0 Å². The van der Waals surface area contributed by atoms with Crippen LogP contribution in [0.2, 0.25) is 0 Å². The van der Waals surface area contributed by atoms with Crippen molar-refractivity contribution in [2.45, 2.75) is 0 Å². The number of aromatic nitrogens is 2. The van der Waals surface area contributed by atoms with E-state index in [1.807, 2.05) is 0 Å². The SMILES string of the molecule is c1ccc(-n2c3ccc(-c4ccc5c6ccccc6n(-c6ccc(-c7ccc(-c8ccc9c(c8)-c8cccc%10cccc-9c8%10)cc7)cc6)c5c4)cc3c3ccc4ccccc4c32)cc1. The minimum absolute atomic E-state index is 1.14. The zero-order valence-corrected chi connectivity index (χ0v) is 34.8. The zero-order chi connectivity index (χ0) is 41.9. The standard InChI is InChI=1S/C62H38N2/c1-2-13-47(14-3-1)64-59-35-29-45(37-57(59)55-34-26-42-10-4-5-15-49(42)62(55)64)46-28-33-52-51-16-6-7-19-58(51)63(60(52)38-46)48-30-24-40(25-31-48)39-20-22-41(23-21-39)44-27-32-50-53-17-8-11-43-12-9-18-54(61(43)53)56(50)36-44/h1-38H. The second-order valence-corrected chi connectivity index (χ2v) is 17.3. The Morgan fingerprint density at radius 2 is 0.781 bits per heavy atom. The molecule has 13 aromatic rings. The number of benzene rings is 11. The molecule has 2 aromatic heterocycles. The lowest BCUT2D eigenvalue weighted by molar-refractivity contribution is 1.18. The van der Waals surface area contributed by atoms with Crippen molar-refractivity contribution in [3.05, 3.63) is 231 Å². The summed E-state index contributed by atoms with van der Waals surface area (Å²) in [6.45, 7) is 0. The summed E-state index contributed by atoms with van der Waals surface area (Å²) in [7, 11) is 0. The Bertz CT molecular complexity index is 4030. The second kappa shape index (κ2) is 13.5. The van der Waals surface area contributed by atoms with E-state index in [-0.39, 0.29) is 0 Å². The lowest BCUT2D eigenvalue weighted by Gasteiger charge is -2.11. The first-order valence-electron chi connectivity index (χ1n) is 22.2. The van der Waals surface area contributed by atoms with Crippen molar-refractivity contribution in [1.29, 1.82) is 0 Å². The van der Waals surface area contributed by atoms with E-state index in [0.717, 1.165) is 5.69 Å². The third kappa shape index (κ3) is 5.14. The fourth-order valence-corrected chi connectivity index (χ4v) is 10.9. The van der Waals surface area contributed by atoms with E-state index >= 15 is 0 Å². The maximum Gasteiger partial charge on any atom is 0.0619 e. The van der Waals surface area contributed by atoms with Gasteiger partial charge >= 0.3 is 0 Å². The van der Waals surface area contributed by atoms with Crippen molar-refractivity contribution in [2.24, 2.45) is 0 Å². The molecular weight excluding hydrogens is 773 g/mol. The van der Waals surface area contributed by atoms with Gasteiger partial charge in [0.15, 0.2) is 0 Å². The van der Waals surface area contributed by atoms with Gasteiger partial charge < -0.3 is 9.13 Å². The number of para-hydroxylation sites is 2. The molecule has 0 spiro atoms. The molecule has 0 atom stereocenters. The molecule has 64 heavy (non-hydrogen) atoms. The first-order chi connectivity index (χ1) is 31.7. The fourth-order valence-electron chi connectivity index (χ4n) is 10.9. The fraction of sp³-hybridized carbons (Fsp3) is 0. The van der Waals surface area contributed by atoms with Gasteiger partial charge in [0.1, 0.15) is 0 Å². The molecule has 0 amide bonds. The molecule has 0 fully saturated rings. The highest BCUT2D eigenvalue weighted by atomic mass is 15.0. The van der Waals surface area contributed by atoms with Crippen LogP contribution in [0.15, 0.2) is 231 Å². The molecule has 1 aliphatic rings. The molecule has 11 aromatic carbocycles. The van der Waals surface area contributed by atoms with E-state index in [2.05, 4.69) is 240 Å². The van der Waals surface area contributed by atoms with Gasteiger partial charge in [-0.1, -0.05) is 176 Å². The van der Waals surface area contributed by atoms with Gasteiger partial charge in [0.2, 0.25) is 0 Å². The van der Waals surface area contributed by atoms with E-state index < -0.39 is 0 Å². The summed E-state index contributed by atoms with van der Waals surface area (Å²) in [5.74, 6) is 0. The van der Waals surface area contributed by atoms with E-state index in [1.165, 1.54) is 126 Å². The highest BCUT2D eigenvalue weighted by Crippen LogP contribution is 2.48. The monoisotopic (exact) mass is 810 g/mol. The number of hydrogen-bond donors (Lipinski definition) is 0. The Hall–Kier alpha value is -8.46. The molecule has 0 aliphatic heterocycles. The molecule has 0 unspecified atom stereocenters. The van der Waals surface area contributed by atoms with Crippen LogP contribution >= 0.6 is 0 Å². The first kappa shape index (κ1) is 35.2. The van der Waals surface area contributed by atoms with Crippen LogP contribution in [-0.4, -0.2) is 9.13 Å². The maximum absolute atomic E-state index is 2.43. The quantitative estimate of drug-likeness (QED) is 0.164. The van der Waals surface area contributed by atoms with Gasteiger partial charge in [-0.25, -0.2) is 0 Å². The molecule has 14 rings (SSSR count). The number of hydrogen-bond acceptors (Lipinski definition) is 0. The zero-order valence-electron chi connectivity index (χ0n) is 34.8. The van der Waals surface area contributed by atoms with Crippen molar-refractivity contribution in [3.8, 4) is 67.0 Å². The molecule has 0 saturated carbocycles. The summed E-state index contributed by atoms with van der Waals surface area (Å²) in [5.41, 5.74) is 19.7. The lowest BCUT2D eigenvalue weighted by atomic mass is 9.96. The van der Waals surface area contributed by atoms with Gasteiger partial charge in [-0.3, -0.25) is 0 Å². The normalized spacial score (nSPS) is 12.1. The van der Waals surface area contributed by atoms with E-state index in [0.29, 0.717) is 0 Å². The average Bonchev–Trinajstić information content (AvgIpc) is 4.00. The van der Waals surface area contributed by atoms with Gasteiger partial charge in [-0.2, -0.15) is 0 Å². The van der Waals surface area contributed by atoms with E-state index in [1.54, 1.807) is 0 Å². The van der Waals surface area contributed by atoms with Crippen LogP contribution in [0.4, 0.5) is 0 Å². The Morgan fingerprint density at radius 3 is 1.59 bits per heavy atom. The number of nitrogens with zero attached hydrogens (tertiary/aromatic N) is 2. The predicted molar refractivity (Wildman–Crippen MR) is 271 cm³/mol. The van der Waals surface area contributed by atoms with Crippen LogP contribution in [0.1, 0.15) is 0 Å². The first-order valence-corrected chi connectivity index (χ1v) is 22.2. The van der Waals surface area contributed by atoms with Crippen LogP contribution in [0.25, 0.3) is 132 Å². The Kier molecular flexibility index (Phi) is 7.43. The summed E-state index contributed by atoms with van der Waals surface area (Å²) in [6, 6.07) is 85.2. The summed E-state index contributed by atoms with van der Waals surface area (Å²) < 4.78 is 4.86. The minimum Gasteiger partial charge on any atom is -0.309 e. The molecule has 0 saturated heterocycles. The van der Waals surface area contributed by atoms with Crippen LogP contribution < -0.4 is 0 Å². The molecule has 0 N–H and O–H groups in total. The molecule has 1 aliphatic carbocycles. The minimum atomic E-state index is 1.14. The maximum atomic E-state index is 2.43. The van der Waals surface area contributed by atoms with E-state index in [4.69, 9.17) is 0 Å². The summed E-state index contributed by atoms with van der Waals surface area (Å²) in [4.78, 5) is 0. The molecule has 2 heteroatoms. The molecule has 0 bridgehead atoms.